The zero-order valence-corrected chi connectivity index (χ0v) is 11.1. The first-order valence-electron chi connectivity index (χ1n) is 5.81. The summed E-state index contributed by atoms with van der Waals surface area (Å²) in [6, 6.07) is 1.87. The third-order valence-electron chi connectivity index (χ3n) is 2.61. The lowest BCUT2D eigenvalue weighted by Crippen LogP contribution is -2.25. The molecule has 0 fully saturated rings. The van der Waals surface area contributed by atoms with Crippen LogP contribution in [0.25, 0.3) is 0 Å². The molecule has 1 rings (SSSR count). The minimum atomic E-state index is 0.181. The average Bonchev–Trinajstić information content (AvgIpc) is 2.34. The molecule has 0 aliphatic heterocycles. The second kappa shape index (κ2) is 6.39. The van der Waals surface area contributed by atoms with Gasteiger partial charge in [0.2, 0.25) is 5.95 Å². The summed E-state index contributed by atoms with van der Waals surface area (Å²) in [5.74, 6) is 1.47. The van der Waals surface area contributed by atoms with E-state index in [0.29, 0.717) is 5.95 Å². The minimum Gasteiger partial charge on any atom is -0.385 e. The Bertz CT molecular complexity index is 341. The zero-order valence-electron chi connectivity index (χ0n) is 11.1. The van der Waals surface area contributed by atoms with Gasteiger partial charge in [-0.2, -0.15) is 4.98 Å². The number of nitrogens with zero attached hydrogens (tertiary/aromatic N) is 2. The molecule has 1 aromatic rings. The number of aromatic nitrogens is 2. The van der Waals surface area contributed by atoms with Crippen LogP contribution in [0.4, 0.5) is 11.8 Å². The largest absolute Gasteiger partial charge is 0.385 e. The monoisotopic (exact) mass is 238 g/mol. The molecular formula is C12H22N4O. The van der Waals surface area contributed by atoms with Gasteiger partial charge in [-0.05, 0) is 17.9 Å². The summed E-state index contributed by atoms with van der Waals surface area (Å²) in [7, 11) is 3.54. The van der Waals surface area contributed by atoms with E-state index in [4.69, 9.17) is 4.74 Å². The Morgan fingerprint density at radius 3 is 2.82 bits per heavy atom. The van der Waals surface area contributed by atoms with E-state index in [2.05, 4.69) is 34.4 Å². The first kappa shape index (κ1) is 13.7. The Balaban J connectivity index is 2.48. The fourth-order valence-corrected chi connectivity index (χ4v) is 1.37. The van der Waals surface area contributed by atoms with E-state index in [1.165, 1.54) is 0 Å². The highest BCUT2D eigenvalue weighted by molar-refractivity contribution is 5.39. The molecule has 0 radical (unpaired) electrons. The Kier molecular flexibility index (Phi) is 5.15. The second-order valence-electron chi connectivity index (χ2n) is 4.78. The maximum absolute atomic E-state index is 5.10. The van der Waals surface area contributed by atoms with E-state index in [0.717, 1.165) is 25.4 Å². The number of ether oxygens (including phenoxy) is 1. The van der Waals surface area contributed by atoms with Crippen molar-refractivity contribution in [2.45, 2.75) is 20.3 Å². The van der Waals surface area contributed by atoms with E-state index in [9.17, 15) is 0 Å². The van der Waals surface area contributed by atoms with Crippen LogP contribution in [0.1, 0.15) is 20.3 Å². The summed E-state index contributed by atoms with van der Waals surface area (Å²) in [6.07, 6.45) is 2.75. The molecule has 17 heavy (non-hydrogen) atoms. The molecule has 0 amide bonds. The molecule has 0 spiro atoms. The standard InChI is InChI=1S/C12H22N4O/c1-12(2,6-8-17-4)9-15-10-5-7-14-11(13-3)16-10/h5,7H,6,8-9H2,1-4H3,(H2,13,14,15,16). The van der Waals surface area contributed by atoms with Gasteiger partial charge in [0, 0.05) is 33.5 Å². The molecular weight excluding hydrogens is 216 g/mol. The van der Waals surface area contributed by atoms with Gasteiger partial charge < -0.3 is 15.4 Å². The Morgan fingerprint density at radius 2 is 2.18 bits per heavy atom. The van der Waals surface area contributed by atoms with Crippen molar-refractivity contribution >= 4 is 11.8 Å². The van der Waals surface area contributed by atoms with Crippen molar-refractivity contribution in [2.24, 2.45) is 5.41 Å². The van der Waals surface area contributed by atoms with Gasteiger partial charge in [0.1, 0.15) is 5.82 Å². The lowest BCUT2D eigenvalue weighted by atomic mass is 9.90. The first-order chi connectivity index (χ1) is 8.07. The number of hydrogen-bond acceptors (Lipinski definition) is 5. The maximum Gasteiger partial charge on any atom is 0.224 e. The van der Waals surface area contributed by atoms with Gasteiger partial charge in [-0.25, -0.2) is 4.98 Å². The number of rotatable bonds is 7. The van der Waals surface area contributed by atoms with Crippen LogP contribution in [0.5, 0.6) is 0 Å². The molecule has 0 aliphatic carbocycles. The summed E-state index contributed by atoms with van der Waals surface area (Å²) >= 11 is 0. The van der Waals surface area contributed by atoms with Crippen LogP contribution < -0.4 is 10.6 Å². The Hall–Kier alpha value is -1.36. The van der Waals surface area contributed by atoms with Crippen molar-refractivity contribution in [1.29, 1.82) is 0 Å². The number of hydrogen-bond donors (Lipinski definition) is 2. The van der Waals surface area contributed by atoms with Crippen molar-refractivity contribution in [3.05, 3.63) is 12.3 Å². The SMILES string of the molecule is CNc1nccc(NCC(C)(C)CCOC)n1. The fraction of sp³-hybridized carbons (Fsp3) is 0.667. The third-order valence-corrected chi connectivity index (χ3v) is 2.61. The first-order valence-corrected chi connectivity index (χ1v) is 5.81. The second-order valence-corrected chi connectivity index (χ2v) is 4.78. The van der Waals surface area contributed by atoms with Gasteiger partial charge in [-0.15, -0.1) is 0 Å². The molecule has 0 aliphatic rings. The number of nitrogens with one attached hydrogen (secondary N) is 2. The molecule has 0 bridgehead atoms. The van der Waals surface area contributed by atoms with Crippen LogP contribution in [-0.4, -0.2) is 37.3 Å². The van der Waals surface area contributed by atoms with Crippen molar-refractivity contribution in [1.82, 2.24) is 9.97 Å². The Labute approximate surface area is 103 Å². The molecule has 0 aromatic carbocycles. The molecule has 0 unspecified atom stereocenters. The number of anilines is 2. The van der Waals surface area contributed by atoms with E-state index < -0.39 is 0 Å². The normalized spacial score (nSPS) is 11.3. The van der Waals surface area contributed by atoms with E-state index >= 15 is 0 Å². The third kappa shape index (κ3) is 4.99. The predicted molar refractivity (Wildman–Crippen MR) is 70.3 cm³/mol. The fourth-order valence-electron chi connectivity index (χ4n) is 1.37. The van der Waals surface area contributed by atoms with Crippen LogP contribution >= 0.6 is 0 Å². The molecule has 0 saturated carbocycles. The average molecular weight is 238 g/mol. The van der Waals surface area contributed by atoms with Gasteiger partial charge in [0.15, 0.2) is 0 Å². The maximum atomic E-state index is 5.10. The van der Waals surface area contributed by atoms with Crippen molar-refractivity contribution in [2.75, 3.05) is 37.9 Å². The zero-order chi connectivity index (χ0) is 12.7. The molecule has 5 heteroatoms. The summed E-state index contributed by atoms with van der Waals surface area (Å²) in [4.78, 5) is 8.38. The van der Waals surface area contributed by atoms with Crippen molar-refractivity contribution in [3.8, 4) is 0 Å². The highest BCUT2D eigenvalue weighted by Crippen LogP contribution is 2.20. The van der Waals surface area contributed by atoms with Gasteiger partial charge in [0.05, 0.1) is 0 Å². The Morgan fingerprint density at radius 1 is 1.41 bits per heavy atom. The lowest BCUT2D eigenvalue weighted by molar-refractivity contribution is 0.157. The molecule has 2 N–H and O–H groups in total. The molecule has 0 atom stereocenters. The van der Waals surface area contributed by atoms with Crippen LogP contribution in [0.15, 0.2) is 12.3 Å². The van der Waals surface area contributed by atoms with E-state index in [-0.39, 0.29) is 5.41 Å². The molecule has 5 nitrogen and oxygen atoms in total. The van der Waals surface area contributed by atoms with Gasteiger partial charge in [0.25, 0.3) is 0 Å². The minimum absolute atomic E-state index is 0.181. The highest BCUT2D eigenvalue weighted by atomic mass is 16.5. The van der Waals surface area contributed by atoms with E-state index in [1.54, 1.807) is 13.3 Å². The number of methoxy groups -OCH3 is 1. The van der Waals surface area contributed by atoms with Gasteiger partial charge >= 0.3 is 0 Å². The van der Waals surface area contributed by atoms with Crippen LogP contribution in [-0.2, 0) is 4.74 Å². The highest BCUT2D eigenvalue weighted by Gasteiger charge is 2.17. The lowest BCUT2D eigenvalue weighted by Gasteiger charge is -2.24. The van der Waals surface area contributed by atoms with Crippen molar-refractivity contribution < 1.29 is 4.74 Å². The predicted octanol–water partition coefficient (Wildman–Crippen LogP) is 1.99. The summed E-state index contributed by atoms with van der Waals surface area (Å²) in [6.45, 7) is 6.05. The molecule has 1 heterocycles. The van der Waals surface area contributed by atoms with Gasteiger partial charge in [-0.3, -0.25) is 0 Å². The quantitative estimate of drug-likeness (QED) is 0.760. The summed E-state index contributed by atoms with van der Waals surface area (Å²) in [5.41, 5.74) is 0.181. The molecule has 96 valence electrons. The van der Waals surface area contributed by atoms with Crippen LogP contribution in [0.2, 0.25) is 0 Å². The summed E-state index contributed by atoms with van der Waals surface area (Å²) in [5, 5.41) is 6.24. The smallest absolute Gasteiger partial charge is 0.224 e. The van der Waals surface area contributed by atoms with Crippen LogP contribution in [0.3, 0.4) is 0 Å². The molecule has 1 aromatic heterocycles. The van der Waals surface area contributed by atoms with E-state index in [1.807, 2.05) is 13.1 Å². The molecule has 0 saturated heterocycles. The summed E-state index contributed by atoms with van der Waals surface area (Å²) < 4.78 is 5.10. The van der Waals surface area contributed by atoms with Crippen molar-refractivity contribution in [3.63, 3.8) is 0 Å². The topological polar surface area (TPSA) is 59.1 Å². The van der Waals surface area contributed by atoms with Crippen LogP contribution in [0, 0.1) is 5.41 Å². The van der Waals surface area contributed by atoms with Gasteiger partial charge in [-0.1, -0.05) is 13.8 Å².